The summed E-state index contributed by atoms with van der Waals surface area (Å²) in [6, 6.07) is 11.7. The van der Waals surface area contributed by atoms with Crippen molar-refractivity contribution in [2.24, 2.45) is 0 Å². The summed E-state index contributed by atoms with van der Waals surface area (Å²) < 4.78 is 7.06. The summed E-state index contributed by atoms with van der Waals surface area (Å²) in [5, 5.41) is 8.50. The van der Waals surface area contributed by atoms with Crippen LogP contribution in [0.5, 0.6) is 5.75 Å². The van der Waals surface area contributed by atoms with Crippen molar-refractivity contribution in [2.45, 2.75) is 13.8 Å². The maximum absolute atomic E-state index is 5.86. The number of methoxy groups -OCH3 is 1. The van der Waals surface area contributed by atoms with E-state index in [1.807, 2.05) is 18.3 Å². The molecule has 0 aliphatic rings. The van der Waals surface area contributed by atoms with Gasteiger partial charge in [-0.1, -0.05) is 22.9 Å². The largest absolute Gasteiger partial charge is 0.494 e. The first kappa shape index (κ1) is 14.1. The Hall–Kier alpha value is -2.82. The van der Waals surface area contributed by atoms with E-state index >= 15 is 0 Å². The maximum Gasteiger partial charge on any atom is 0.144 e. The first-order chi connectivity index (χ1) is 10.6. The Morgan fingerprint density at radius 1 is 1.09 bits per heavy atom. The van der Waals surface area contributed by atoms with Gasteiger partial charge in [-0.25, -0.2) is 4.68 Å². The molecular formula is C17H18N4O. The van der Waals surface area contributed by atoms with Crippen LogP contribution in [0.1, 0.15) is 11.1 Å². The average Bonchev–Trinajstić information content (AvgIpc) is 2.99. The fraction of sp³-hybridized carbons (Fsp3) is 0.176. The first-order valence-electron chi connectivity index (χ1n) is 7.02. The van der Waals surface area contributed by atoms with E-state index in [1.54, 1.807) is 17.9 Å². The molecule has 0 atom stereocenters. The SMILES string of the molecule is COc1ccc(N)cc1-n1cc(-c2cc(C)ccc2C)nn1. The van der Waals surface area contributed by atoms with E-state index in [0.717, 1.165) is 22.5 Å². The molecule has 0 bridgehead atoms. The lowest BCUT2D eigenvalue weighted by Crippen LogP contribution is -2.00. The van der Waals surface area contributed by atoms with Gasteiger partial charge in [-0.3, -0.25) is 0 Å². The number of nitrogens with zero attached hydrogens (tertiary/aromatic N) is 3. The number of benzene rings is 2. The Morgan fingerprint density at radius 2 is 1.91 bits per heavy atom. The van der Waals surface area contributed by atoms with Crippen molar-refractivity contribution in [1.82, 2.24) is 15.0 Å². The van der Waals surface area contributed by atoms with Gasteiger partial charge in [0, 0.05) is 11.3 Å². The number of hydrogen-bond donors (Lipinski definition) is 1. The van der Waals surface area contributed by atoms with Gasteiger partial charge in [-0.15, -0.1) is 5.10 Å². The average molecular weight is 294 g/mol. The van der Waals surface area contributed by atoms with Gasteiger partial charge in [0.25, 0.3) is 0 Å². The number of ether oxygens (including phenoxy) is 1. The summed E-state index contributed by atoms with van der Waals surface area (Å²) in [6.45, 7) is 4.13. The lowest BCUT2D eigenvalue weighted by molar-refractivity contribution is 0.411. The molecule has 5 heteroatoms. The van der Waals surface area contributed by atoms with Gasteiger partial charge in [0.15, 0.2) is 0 Å². The molecule has 1 aromatic heterocycles. The van der Waals surface area contributed by atoms with E-state index in [0.29, 0.717) is 11.4 Å². The van der Waals surface area contributed by atoms with Gasteiger partial charge in [0.05, 0.1) is 13.3 Å². The second-order valence-electron chi connectivity index (χ2n) is 5.30. The molecule has 0 aliphatic heterocycles. The summed E-state index contributed by atoms with van der Waals surface area (Å²) in [5.74, 6) is 0.701. The molecule has 5 nitrogen and oxygen atoms in total. The molecule has 22 heavy (non-hydrogen) atoms. The van der Waals surface area contributed by atoms with Crippen LogP contribution in [-0.4, -0.2) is 22.1 Å². The quantitative estimate of drug-likeness (QED) is 0.754. The van der Waals surface area contributed by atoms with Crippen molar-refractivity contribution in [1.29, 1.82) is 0 Å². The Kier molecular flexibility index (Phi) is 3.55. The molecule has 0 spiro atoms. The van der Waals surface area contributed by atoms with Crippen LogP contribution in [0.4, 0.5) is 5.69 Å². The van der Waals surface area contributed by atoms with Crippen molar-refractivity contribution in [3.8, 4) is 22.7 Å². The van der Waals surface area contributed by atoms with Gasteiger partial charge in [0.2, 0.25) is 0 Å². The number of hydrogen-bond acceptors (Lipinski definition) is 4. The minimum absolute atomic E-state index is 0.652. The third-order valence-corrected chi connectivity index (χ3v) is 3.61. The Labute approximate surface area is 129 Å². The predicted molar refractivity (Wildman–Crippen MR) is 87.2 cm³/mol. The highest BCUT2D eigenvalue weighted by Gasteiger charge is 2.11. The van der Waals surface area contributed by atoms with E-state index in [1.165, 1.54) is 5.56 Å². The van der Waals surface area contributed by atoms with E-state index in [2.05, 4.69) is 42.4 Å². The summed E-state index contributed by atoms with van der Waals surface area (Å²) in [7, 11) is 1.62. The minimum Gasteiger partial charge on any atom is -0.494 e. The molecule has 2 N–H and O–H groups in total. The van der Waals surface area contributed by atoms with Crippen molar-refractivity contribution in [3.05, 3.63) is 53.7 Å². The molecule has 0 saturated heterocycles. The molecule has 0 unspecified atom stereocenters. The highest BCUT2D eigenvalue weighted by Crippen LogP contribution is 2.27. The van der Waals surface area contributed by atoms with Gasteiger partial charge in [0.1, 0.15) is 17.1 Å². The van der Waals surface area contributed by atoms with E-state index in [9.17, 15) is 0 Å². The topological polar surface area (TPSA) is 66.0 Å². The molecule has 0 fully saturated rings. The molecule has 1 heterocycles. The lowest BCUT2D eigenvalue weighted by Gasteiger charge is -2.08. The molecule has 3 rings (SSSR count). The maximum atomic E-state index is 5.86. The fourth-order valence-electron chi connectivity index (χ4n) is 2.40. The molecule has 2 aromatic carbocycles. The smallest absolute Gasteiger partial charge is 0.144 e. The zero-order chi connectivity index (χ0) is 15.7. The summed E-state index contributed by atoms with van der Waals surface area (Å²) in [4.78, 5) is 0. The molecule has 0 amide bonds. The van der Waals surface area contributed by atoms with Crippen LogP contribution >= 0.6 is 0 Å². The van der Waals surface area contributed by atoms with Crippen LogP contribution in [0, 0.1) is 13.8 Å². The predicted octanol–water partition coefficient (Wildman–Crippen LogP) is 3.14. The zero-order valence-corrected chi connectivity index (χ0v) is 12.9. The van der Waals surface area contributed by atoms with E-state index in [-0.39, 0.29) is 0 Å². The van der Waals surface area contributed by atoms with Crippen LogP contribution < -0.4 is 10.5 Å². The Bertz CT molecular complexity index is 823. The Morgan fingerprint density at radius 3 is 2.68 bits per heavy atom. The van der Waals surface area contributed by atoms with Crippen molar-refractivity contribution in [2.75, 3.05) is 12.8 Å². The van der Waals surface area contributed by atoms with Crippen molar-refractivity contribution in [3.63, 3.8) is 0 Å². The second-order valence-corrected chi connectivity index (χ2v) is 5.30. The van der Waals surface area contributed by atoms with E-state index in [4.69, 9.17) is 10.5 Å². The molecule has 3 aromatic rings. The van der Waals surface area contributed by atoms with Crippen LogP contribution in [0.15, 0.2) is 42.6 Å². The number of rotatable bonds is 3. The molecular weight excluding hydrogens is 276 g/mol. The normalized spacial score (nSPS) is 10.7. The number of aryl methyl sites for hydroxylation is 2. The van der Waals surface area contributed by atoms with Crippen LogP contribution in [0.2, 0.25) is 0 Å². The summed E-state index contributed by atoms with van der Waals surface area (Å²) in [6.07, 6.45) is 1.89. The van der Waals surface area contributed by atoms with Crippen LogP contribution in [-0.2, 0) is 0 Å². The lowest BCUT2D eigenvalue weighted by atomic mass is 10.0. The van der Waals surface area contributed by atoms with Gasteiger partial charge in [-0.05, 0) is 43.7 Å². The highest BCUT2D eigenvalue weighted by atomic mass is 16.5. The van der Waals surface area contributed by atoms with Crippen molar-refractivity contribution >= 4 is 5.69 Å². The van der Waals surface area contributed by atoms with Gasteiger partial charge >= 0.3 is 0 Å². The first-order valence-corrected chi connectivity index (χ1v) is 7.02. The highest BCUT2D eigenvalue weighted by molar-refractivity contribution is 5.64. The van der Waals surface area contributed by atoms with Crippen molar-refractivity contribution < 1.29 is 4.74 Å². The zero-order valence-electron chi connectivity index (χ0n) is 12.9. The number of nitrogen functional groups attached to an aromatic ring is 1. The standard InChI is InChI=1S/C17H18N4O/c1-11-4-5-12(2)14(8-11)15-10-21(20-19-15)16-9-13(18)6-7-17(16)22-3/h4-10H,18H2,1-3H3. The Balaban J connectivity index is 2.08. The minimum atomic E-state index is 0.652. The van der Waals surface area contributed by atoms with Gasteiger partial charge < -0.3 is 10.5 Å². The molecule has 0 aliphatic carbocycles. The van der Waals surface area contributed by atoms with Crippen LogP contribution in [0.25, 0.3) is 16.9 Å². The number of anilines is 1. The van der Waals surface area contributed by atoms with Crippen LogP contribution in [0.3, 0.4) is 0 Å². The monoisotopic (exact) mass is 294 g/mol. The molecule has 0 saturated carbocycles. The summed E-state index contributed by atoms with van der Waals surface area (Å²) >= 11 is 0. The number of aromatic nitrogens is 3. The molecule has 0 radical (unpaired) electrons. The molecule has 112 valence electrons. The second kappa shape index (κ2) is 5.52. The third kappa shape index (κ3) is 2.53. The fourth-order valence-corrected chi connectivity index (χ4v) is 2.40. The van der Waals surface area contributed by atoms with Gasteiger partial charge in [-0.2, -0.15) is 0 Å². The number of nitrogens with two attached hydrogens (primary N) is 1. The van der Waals surface area contributed by atoms with E-state index < -0.39 is 0 Å². The third-order valence-electron chi connectivity index (χ3n) is 3.61. The summed E-state index contributed by atoms with van der Waals surface area (Å²) in [5.41, 5.74) is 11.5.